The molecule has 2 aromatic carbocycles. The lowest BCUT2D eigenvalue weighted by Crippen LogP contribution is -2.14. The van der Waals surface area contributed by atoms with E-state index in [1.165, 1.54) is 18.2 Å². The quantitative estimate of drug-likeness (QED) is 0.346. The van der Waals surface area contributed by atoms with Crippen LogP contribution in [0.5, 0.6) is 0 Å². The van der Waals surface area contributed by atoms with E-state index in [0.717, 1.165) is 30.3 Å². The van der Waals surface area contributed by atoms with Crippen molar-refractivity contribution in [2.75, 3.05) is 5.32 Å². The fourth-order valence-corrected chi connectivity index (χ4v) is 2.57. The number of nitro groups is 1. The summed E-state index contributed by atoms with van der Waals surface area (Å²) in [6, 6.07) is 9.10. The van der Waals surface area contributed by atoms with Gasteiger partial charge in [-0.15, -0.1) is 0 Å². The monoisotopic (exact) mass is 444 g/mol. The van der Waals surface area contributed by atoms with E-state index in [4.69, 9.17) is 0 Å². The summed E-state index contributed by atoms with van der Waals surface area (Å²) in [7, 11) is 0. The molecule has 0 unspecified atom stereocenters. The van der Waals surface area contributed by atoms with Crippen LogP contribution in [0, 0.1) is 10.1 Å². The van der Waals surface area contributed by atoms with Crippen LogP contribution in [0.4, 0.5) is 37.7 Å². The zero-order valence-electron chi connectivity index (χ0n) is 15.0. The van der Waals surface area contributed by atoms with Crippen molar-refractivity contribution in [3.8, 4) is 5.69 Å². The van der Waals surface area contributed by atoms with Crippen LogP contribution in [0.3, 0.4) is 0 Å². The third-order valence-electron chi connectivity index (χ3n) is 3.98. The highest BCUT2D eigenvalue weighted by molar-refractivity contribution is 6.04. The second-order valence-corrected chi connectivity index (χ2v) is 6.13. The van der Waals surface area contributed by atoms with Gasteiger partial charge in [-0.2, -0.15) is 31.4 Å². The fraction of sp³-hybridized carbons (Fsp3) is 0.111. The number of nitrogens with one attached hydrogen (secondary N) is 1. The SMILES string of the molecule is O=C(Nc1ccc(-n2nc(C(F)(F)F)cc2C(F)(F)F)cc1)c1cccc([N+](=O)[O-])c1. The average molecular weight is 444 g/mol. The van der Waals surface area contributed by atoms with Gasteiger partial charge in [0, 0.05) is 29.4 Å². The maximum absolute atomic E-state index is 13.1. The van der Waals surface area contributed by atoms with Crippen molar-refractivity contribution in [3.63, 3.8) is 0 Å². The molecule has 0 saturated heterocycles. The molecule has 162 valence electrons. The van der Waals surface area contributed by atoms with E-state index in [2.05, 4.69) is 10.4 Å². The topological polar surface area (TPSA) is 90.1 Å². The van der Waals surface area contributed by atoms with E-state index >= 15 is 0 Å². The van der Waals surface area contributed by atoms with Gasteiger partial charge in [0.25, 0.3) is 11.6 Å². The van der Waals surface area contributed by atoms with Gasteiger partial charge < -0.3 is 5.32 Å². The van der Waals surface area contributed by atoms with Crippen LogP contribution in [0.2, 0.25) is 0 Å². The van der Waals surface area contributed by atoms with Gasteiger partial charge in [0.2, 0.25) is 0 Å². The number of anilines is 1. The summed E-state index contributed by atoms with van der Waals surface area (Å²) >= 11 is 0. The standard InChI is InChI=1S/C18H10F6N4O3/c19-17(20,21)14-9-15(18(22,23)24)27(26-14)12-6-4-11(5-7-12)25-16(29)10-2-1-3-13(8-10)28(30)31/h1-9H,(H,25,29). The van der Waals surface area contributed by atoms with Crippen LogP contribution >= 0.6 is 0 Å². The molecule has 13 heteroatoms. The van der Waals surface area contributed by atoms with Gasteiger partial charge in [-0.25, -0.2) is 4.68 Å². The highest BCUT2D eigenvalue weighted by atomic mass is 19.4. The van der Waals surface area contributed by atoms with E-state index in [0.29, 0.717) is 0 Å². The predicted molar refractivity (Wildman–Crippen MR) is 94.6 cm³/mol. The minimum absolute atomic E-state index is 0.0421. The maximum atomic E-state index is 13.1. The lowest BCUT2D eigenvalue weighted by molar-refractivity contribution is -0.384. The molecule has 0 radical (unpaired) electrons. The summed E-state index contributed by atoms with van der Waals surface area (Å²) in [5.41, 5.74) is -3.91. The second kappa shape index (κ2) is 7.74. The van der Waals surface area contributed by atoms with Crippen LogP contribution in [0.25, 0.3) is 5.69 Å². The van der Waals surface area contributed by atoms with Crippen LogP contribution in [0.1, 0.15) is 21.7 Å². The summed E-state index contributed by atoms with van der Waals surface area (Å²) in [5, 5.41) is 16.2. The Hall–Kier alpha value is -3.90. The first-order valence-electron chi connectivity index (χ1n) is 8.27. The van der Waals surface area contributed by atoms with Gasteiger partial charge in [0.05, 0.1) is 10.6 Å². The summed E-state index contributed by atoms with van der Waals surface area (Å²) < 4.78 is 77.9. The molecule has 1 heterocycles. The number of non-ortho nitro benzene ring substituents is 1. The number of hydrogen-bond donors (Lipinski definition) is 1. The van der Waals surface area contributed by atoms with E-state index in [1.807, 2.05) is 0 Å². The molecule has 31 heavy (non-hydrogen) atoms. The summed E-state index contributed by atoms with van der Waals surface area (Å²) in [5.74, 6) is -0.731. The van der Waals surface area contributed by atoms with E-state index < -0.39 is 34.6 Å². The van der Waals surface area contributed by atoms with Crippen molar-refractivity contribution < 1.29 is 36.1 Å². The molecule has 3 aromatic rings. The zero-order valence-corrected chi connectivity index (χ0v) is 15.0. The summed E-state index contributed by atoms with van der Waals surface area (Å²) in [6.07, 6.45) is -10.2. The first-order valence-corrected chi connectivity index (χ1v) is 8.27. The van der Waals surface area contributed by atoms with Crippen molar-refractivity contribution in [2.24, 2.45) is 0 Å². The lowest BCUT2D eigenvalue weighted by Gasteiger charge is -2.11. The first kappa shape index (κ1) is 21.8. The molecule has 0 bridgehead atoms. The summed E-state index contributed by atoms with van der Waals surface area (Å²) in [4.78, 5) is 22.3. The molecule has 0 atom stereocenters. The fourth-order valence-electron chi connectivity index (χ4n) is 2.57. The Kier molecular flexibility index (Phi) is 5.44. The van der Waals surface area contributed by atoms with Gasteiger partial charge in [0.1, 0.15) is 5.69 Å². The Labute approximate surface area is 169 Å². The smallest absolute Gasteiger partial charge is 0.322 e. The Morgan fingerprint density at radius 1 is 0.968 bits per heavy atom. The Morgan fingerprint density at radius 3 is 2.16 bits per heavy atom. The van der Waals surface area contributed by atoms with Crippen LogP contribution in [-0.2, 0) is 12.4 Å². The van der Waals surface area contributed by atoms with E-state index in [9.17, 15) is 41.3 Å². The van der Waals surface area contributed by atoms with Crippen molar-refractivity contribution in [2.45, 2.75) is 12.4 Å². The van der Waals surface area contributed by atoms with Gasteiger partial charge in [-0.3, -0.25) is 14.9 Å². The zero-order chi connectivity index (χ0) is 23.0. The molecule has 0 fully saturated rings. The number of nitro benzene ring substituents is 1. The molecule has 1 N–H and O–H groups in total. The molecular weight excluding hydrogens is 434 g/mol. The lowest BCUT2D eigenvalue weighted by atomic mass is 10.2. The molecule has 0 aliphatic heterocycles. The molecule has 1 aromatic heterocycles. The third kappa shape index (κ3) is 4.82. The average Bonchev–Trinajstić information content (AvgIpc) is 3.15. The minimum atomic E-state index is -5.09. The third-order valence-corrected chi connectivity index (χ3v) is 3.98. The molecule has 1 amide bonds. The number of amides is 1. The first-order chi connectivity index (χ1) is 14.4. The van der Waals surface area contributed by atoms with Crippen LogP contribution in [0.15, 0.2) is 54.6 Å². The minimum Gasteiger partial charge on any atom is -0.322 e. The van der Waals surface area contributed by atoms with Crippen molar-refractivity contribution >= 4 is 17.3 Å². The van der Waals surface area contributed by atoms with E-state index in [-0.39, 0.29) is 33.4 Å². The molecule has 0 aliphatic rings. The highest BCUT2D eigenvalue weighted by Crippen LogP contribution is 2.36. The number of nitrogens with zero attached hydrogens (tertiary/aromatic N) is 3. The number of aromatic nitrogens is 2. The van der Waals surface area contributed by atoms with Crippen LogP contribution < -0.4 is 5.32 Å². The number of carbonyl (C=O) groups excluding carboxylic acids is 1. The van der Waals surface area contributed by atoms with Gasteiger partial charge in [0.15, 0.2) is 5.69 Å². The highest BCUT2D eigenvalue weighted by Gasteiger charge is 2.42. The molecule has 0 saturated carbocycles. The van der Waals surface area contributed by atoms with Crippen molar-refractivity contribution in [1.29, 1.82) is 0 Å². The number of hydrogen-bond acceptors (Lipinski definition) is 4. The van der Waals surface area contributed by atoms with Gasteiger partial charge in [-0.1, -0.05) is 6.07 Å². The number of benzene rings is 2. The molecule has 0 aliphatic carbocycles. The van der Waals surface area contributed by atoms with E-state index in [1.54, 1.807) is 0 Å². The van der Waals surface area contributed by atoms with Crippen molar-refractivity contribution in [3.05, 3.63) is 81.7 Å². The Balaban J connectivity index is 1.87. The number of halogens is 6. The van der Waals surface area contributed by atoms with Gasteiger partial charge in [-0.05, 0) is 30.3 Å². The Bertz CT molecular complexity index is 1140. The summed E-state index contributed by atoms with van der Waals surface area (Å²) in [6.45, 7) is 0. The number of carbonyl (C=O) groups is 1. The largest absolute Gasteiger partial charge is 0.435 e. The van der Waals surface area contributed by atoms with Gasteiger partial charge >= 0.3 is 12.4 Å². The Morgan fingerprint density at radius 2 is 1.61 bits per heavy atom. The van der Waals surface area contributed by atoms with Crippen LogP contribution in [-0.4, -0.2) is 20.6 Å². The molecule has 7 nitrogen and oxygen atoms in total. The number of alkyl halides is 6. The molecule has 0 spiro atoms. The second-order valence-electron chi connectivity index (χ2n) is 6.13. The maximum Gasteiger partial charge on any atom is 0.435 e. The van der Waals surface area contributed by atoms with Crippen molar-refractivity contribution in [1.82, 2.24) is 9.78 Å². The number of rotatable bonds is 4. The molecular formula is C18H10F6N4O3. The normalized spacial score (nSPS) is 11.9. The predicted octanol–water partition coefficient (Wildman–Crippen LogP) is 5.07. The molecule has 3 rings (SSSR count).